The highest BCUT2D eigenvalue weighted by Gasteiger charge is 2.29. The van der Waals surface area contributed by atoms with Crippen LogP contribution in [0.2, 0.25) is 0 Å². The Morgan fingerprint density at radius 3 is 3.00 bits per heavy atom. The normalized spacial score (nSPS) is 24.9. The number of hydrogen-bond acceptors (Lipinski definition) is 4. The summed E-state index contributed by atoms with van der Waals surface area (Å²) in [5, 5.41) is 12.0. The van der Waals surface area contributed by atoms with Gasteiger partial charge in [0.15, 0.2) is 0 Å². The summed E-state index contributed by atoms with van der Waals surface area (Å²) < 4.78 is 0. The first-order valence-corrected chi connectivity index (χ1v) is 5.90. The third-order valence-corrected chi connectivity index (χ3v) is 3.21. The van der Waals surface area contributed by atoms with Crippen LogP contribution in [0.4, 0.5) is 0 Å². The third-order valence-electron chi connectivity index (χ3n) is 3.21. The van der Waals surface area contributed by atoms with Crippen molar-refractivity contribution in [2.75, 3.05) is 32.7 Å². The molecule has 2 saturated heterocycles. The van der Waals surface area contributed by atoms with Gasteiger partial charge in [0, 0.05) is 32.6 Å². The summed E-state index contributed by atoms with van der Waals surface area (Å²) in [6.45, 7) is 2.54. The van der Waals surface area contributed by atoms with Gasteiger partial charge >= 0.3 is 0 Å². The predicted octanol–water partition coefficient (Wildman–Crippen LogP) is -1.07. The Balaban J connectivity index is 1.94. The molecule has 0 bridgehead atoms. The molecule has 2 heterocycles. The molecule has 0 saturated carbocycles. The minimum absolute atomic E-state index is 0.0435. The van der Waals surface area contributed by atoms with Crippen molar-refractivity contribution < 1.29 is 9.59 Å². The maximum Gasteiger partial charge on any atom is 0.243 e. The molecule has 6 heteroatoms. The van der Waals surface area contributed by atoms with Crippen molar-refractivity contribution in [3.8, 4) is 6.07 Å². The van der Waals surface area contributed by atoms with Gasteiger partial charge in [-0.3, -0.25) is 9.59 Å². The molecule has 92 valence electrons. The molecule has 1 atom stereocenters. The van der Waals surface area contributed by atoms with E-state index in [1.54, 1.807) is 9.80 Å². The highest BCUT2D eigenvalue weighted by atomic mass is 16.2. The van der Waals surface area contributed by atoms with Crippen molar-refractivity contribution >= 4 is 11.8 Å². The lowest BCUT2D eigenvalue weighted by molar-refractivity contribution is -0.139. The van der Waals surface area contributed by atoms with E-state index in [1.807, 2.05) is 0 Å². The number of nitrogens with zero attached hydrogens (tertiary/aromatic N) is 3. The lowest BCUT2D eigenvalue weighted by atomic mass is 10.2. The van der Waals surface area contributed by atoms with E-state index in [-0.39, 0.29) is 18.4 Å². The van der Waals surface area contributed by atoms with E-state index in [1.165, 1.54) is 0 Å². The highest BCUT2D eigenvalue weighted by Crippen LogP contribution is 2.11. The number of likely N-dealkylation sites (tertiary alicyclic amines) is 1. The fourth-order valence-corrected chi connectivity index (χ4v) is 2.24. The first-order chi connectivity index (χ1) is 8.22. The molecule has 0 aromatic heterocycles. The van der Waals surface area contributed by atoms with Gasteiger partial charge in [-0.25, -0.2) is 0 Å². The van der Waals surface area contributed by atoms with Gasteiger partial charge < -0.3 is 15.1 Å². The van der Waals surface area contributed by atoms with Gasteiger partial charge in [0.1, 0.15) is 6.04 Å². The minimum Gasteiger partial charge on any atom is -0.333 e. The smallest absolute Gasteiger partial charge is 0.243 e. The van der Waals surface area contributed by atoms with E-state index < -0.39 is 6.04 Å². The summed E-state index contributed by atoms with van der Waals surface area (Å²) in [6.07, 6.45) is 1.37. The zero-order chi connectivity index (χ0) is 12.3. The molecule has 0 aromatic rings. The Labute approximate surface area is 100 Å². The summed E-state index contributed by atoms with van der Waals surface area (Å²) in [7, 11) is 0. The molecule has 2 aliphatic rings. The Morgan fingerprint density at radius 2 is 2.35 bits per heavy atom. The molecule has 2 rings (SSSR count). The Morgan fingerprint density at radius 1 is 1.53 bits per heavy atom. The number of carbonyl (C=O) groups excluding carboxylic acids is 2. The maximum absolute atomic E-state index is 12.0. The van der Waals surface area contributed by atoms with Crippen LogP contribution in [-0.4, -0.2) is 60.4 Å². The molecular formula is C11H16N4O2. The number of nitrogens with one attached hydrogen (secondary N) is 1. The molecule has 0 radical (unpaired) electrons. The number of hydrogen-bond donors (Lipinski definition) is 1. The van der Waals surface area contributed by atoms with Gasteiger partial charge in [-0.2, -0.15) is 5.26 Å². The van der Waals surface area contributed by atoms with Crippen LogP contribution >= 0.6 is 0 Å². The van der Waals surface area contributed by atoms with E-state index in [2.05, 4.69) is 11.4 Å². The standard InChI is InChI=1S/C11H16N4O2/c12-6-9-7-13-3-5-15(9)11(17)8-14-4-1-2-10(14)16/h9,13H,1-5,7-8H2. The second-order valence-corrected chi connectivity index (χ2v) is 4.36. The summed E-state index contributed by atoms with van der Waals surface area (Å²) in [4.78, 5) is 26.6. The summed E-state index contributed by atoms with van der Waals surface area (Å²) in [5.74, 6) is -0.0738. The number of amides is 2. The first kappa shape index (κ1) is 11.9. The Bertz CT molecular complexity index is 363. The van der Waals surface area contributed by atoms with Crippen LogP contribution < -0.4 is 5.32 Å². The van der Waals surface area contributed by atoms with Crippen LogP contribution in [-0.2, 0) is 9.59 Å². The van der Waals surface area contributed by atoms with Crippen molar-refractivity contribution in [1.29, 1.82) is 5.26 Å². The predicted molar refractivity (Wildman–Crippen MR) is 59.8 cm³/mol. The van der Waals surface area contributed by atoms with Crippen LogP contribution in [0.1, 0.15) is 12.8 Å². The van der Waals surface area contributed by atoms with E-state index >= 15 is 0 Å². The summed E-state index contributed by atoms with van der Waals surface area (Å²) >= 11 is 0. The van der Waals surface area contributed by atoms with Crippen LogP contribution in [0.15, 0.2) is 0 Å². The Hall–Kier alpha value is -1.61. The van der Waals surface area contributed by atoms with Crippen molar-refractivity contribution in [3.63, 3.8) is 0 Å². The average Bonchev–Trinajstić information content (AvgIpc) is 2.75. The van der Waals surface area contributed by atoms with Gasteiger partial charge in [-0.15, -0.1) is 0 Å². The summed E-state index contributed by atoms with van der Waals surface area (Å²) in [5.41, 5.74) is 0. The molecule has 2 aliphatic heterocycles. The van der Waals surface area contributed by atoms with Crippen molar-refractivity contribution in [3.05, 3.63) is 0 Å². The number of rotatable bonds is 2. The van der Waals surface area contributed by atoms with Crippen LogP contribution in [0.25, 0.3) is 0 Å². The van der Waals surface area contributed by atoms with Crippen molar-refractivity contribution in [1.82, 2.24) is 15.1 Å². The zero-order valence-corrected chi connectivity index (χ0v) is 9.69. The zero-order valence-electron chi connectivity index (χ0n) is 9.69. The van der Waals surface area contributed by atoms with E-state index in [4.69, 9.17) is 5.26 Å². The molecule has 6 nitrogen and oxygen atoms in total. The van der Waals surface area contributed by atoms with Gasteiger partial charge in [0.05, 0.1) is 12.6 Å². The molecule has 2 fully saturated rings. The van der Waals surface area contributed by atoms with Crippen molar-refractivity contribution in [2.45, 2.75) is 18.9 Å². The molecule has 1 N–H and O–H groups in total. The fraction of sp³-hybridized carbons (Fsp3) is 0.727. The minimum atomic E-state index is -0.408. The van der Waals surface area contributed by atoms with Gasteiger partial charge in [0.25, 0.3) is 0 Å². The fourth-order valence-electron chi connectivity index (χ4n) is 2.24. The molecule has 1 unspecified atom stereocenters. The lowest BCUT2D eigenvalue weighted by Gasteiger charge is -2.33. The summed E-state index contributed by atoms with van der Waals surface area (Å²) in [6, 6.07) is 1.70. The number of piperazine rings is 1. The maximum atomic E-state index is 12.0. The van der Waals surface area contributed by atoms with Crippen molar-refractivity contribution in [2.24, 2.45) is 0 Å². The van der Waals surface area contributed by atoms with Crippen LogP contribution in [0.3, 0.4) is 0 Å². The second kappa shape index (κ2) is 5.15. The average molecular weight is 236 g/mol. The van der Waals surface area contributed by atoms with Gasteiger partial charge in [-0.05, 0) is 6.42 Å². The lowest BCUT2D eigenvalue weighted by Crippen LogP contribution is -2.55. The number of nitriles is 1. The molecule has 0 aliphatic carbocycles. The van der Waals surface area contributed by atoms with Gasteiger partial charge in [0.2, 0.25) is 11.8 Å². The molecule has 2 amide bonds. The van der Waals surface area contributed by atoms with Crippen LogP contribution in [0, 0.1) is 11.3 Å². The molecule has 17 heavy (non-hydrogen) atoms. The van der Waals surface area contributed by atoms with E-state index in [9.17, 15) is 9.59 Å². The first-order valence-electron chi connectivity index (χ1n) is 5.90. The quantitative estimate of drug-likeness (QED) is 0.662. The number of carbonyl (C=O) groups is 2. The SMILES string of the molecule is N#CC1CNCCN1C(=O)CN1CCCC1=O. The highest BCUT2D eigenvalue weighted by molar-refractivity contribution is 5.86. The molecule has 0 aromatic carbocycles. The van der Waals surface area contributed by atoms with Crippen LogP contribution in [0.5, 0.6) is 0 Å². The van der Waals surface area contributed by atoms with E-state index in [0.717, 1.165) is 6.42 Å². The molecule has 0 spiro atoms. The topological polar surface area (TPSA) is 76.4 Å². The molecular weight excluding hydrogens is 220 g/mol. The Kier molecular flexibility index (Phi) is 3.59. The third kappa shape index (κ3) is 2.56. The monoisotopic (exact) mass is 236 g/mol. The van der Waals surface area contributed by atoms with E-state index in [0.29, 0.717) is 32.6 Å². The second-order valence-electron chi connectivity index (χ2n) is 4.36. The largest absolute Gasteiger partial charge is 0.333 e. The van der Waals surface area contributed by atoms with Gasteiger partial charge in [-0.1, -0.05) is 0 Å².